The maximum absolute atomic E-state index is 10.1. The van der Waals surface area contributed by atoms with E-state index in [1.165, 1.54) is 5.56 Å². The predicted octanol–water partition coefficient (Wildman–Crippen LogP) is 5.10. The second-order valence-corrected chi connectivity index (χ2v) is 6.89. The van der Waals surface area contributed by atoms with Gasteiger partial charge >= 0.3 is 0 Å². The number of hydrogen-bond acceptors (Lipinski definition) is 2. The molecule has 0 aliphatic carbocycles. The molecule has 2 radical (unpaired) electrons. The van der Waals surface area contributed by atoms with E-state index in [-0.39, 0.29) is 17.4 Å². The molecule has 0 fully saturated rings. The first-order chi connectivity index (χ1) is 13.5. The second kappa shape index (κ2) is 9.14. The van der Waals surface area contributed by atoms with Crippen LogP contribution in [0.25, 0.3) is 12.2 Å². The van der Waals surface area contributed by atoms with Gasteiger partial charge in [0, 0.05) is 17.0 Å². The van der Waals surface area contributed by atoms with E-state index in [4.69, 9.17) is 7.85 Å². The van der Waals surface area contributed by atoms with Crippen LogP contribution in [0.1, 0.15) is 34.6 Å². The van der Waals surface area contributed by atoms with Crippen LogP contribution in [-0.4, -0.2) is 18.1 Å². The molecular weight excluding hydrogens is 343 g/mol. The third-order valence-electron chi connectivity index (χ3n) is 4.66. The SMILES string of the molecule is [B]c1ccc(O)c(/C=C/C[C@@H](/C=C/c2cc(C)ccc2O)c2ccccc2)c1. The summed E-state index contributed by atoms with van der Waals surface area (Å²) in [6, 6.07) is 20.8. The molecule has 0 unspecified atom stereocenters. The van der Waals surface area contributed by atoms with Crippen molar-refractivity contribution in [2.75, 3.05) is 0 Å². The lowest BCUT2D eigenvalue weighted by Crippen LogP contribution is -2.00. The zero-order chi connectivity index (χ0) is 19.9. The van der Waals surface area contributed by atoms with Crippen LogP contribution in [0, 0.1) is 6.92 Å². The lowest BCUT2D eigenvalue weighted by atomic mass is 9.92. The number of aromatic hydroxyl groups is 2. The molecule has 0 spiro atoms. The minimum Gasteiger partial charge on any atom is -0.507 e. The molecule has 0 heterocycles. The van der Waals surface area contributed by atoms with E-state index in [1.807, 2.05) is 55.5 Å². The van der Waals surface area contributed by atoms with Crippen LogP contribution in [0.5, 0.6) is 11.5 Å². The maximum atomic E-state index is 10.1. The average Bonchev–Trinajstić information content (AvgIpc) is 2.70. The first-order valence-corrected chi connectivity index (χ1v) is 9.31. The van der Waals surface area contributed by atoms with Crippen molar-refractivity contribution in [3.8, 4) is 11.5 Å². The number of aryl methyl sites for hydroxylation is 1. The van der Waals surface area contributed by atoms with Crippen molar-refractivity contribution in [2.45, 2.75) is 19.3 Å². The number of phenolic OH excluding ortho intramolecular Hbond substituents is 2. The molecule has 0 amide bonds. The van der Waals surface area contributed by atoms with Crippen LogP contribution in [0.15, 0.2) is 78.9 Å². The Morgan fingerprint density at radius 2 is 1.54 bits per heavy atom. The van der Waals surface area contributed by atoms with Crippen molar-refractivity contribution in [3.05, 3.63) is 101 Å². The third-order valence-corrected chi connectivity index (χ3v) is 4.66. The van der Waals surface area contributed by atoms with Crippen LogP contribution >= 0.6 is 0 Å². The molecule has 28 heavy (non-hydrogen) atoms. The van der Waals surface area contributed by atoms with Crippen LogP contribution in [0.3, 0.4) is 0 Å². The molecule has 3 heteroatoms. The molecular formula is C25H23BO2. The van der Waals surface area contributed by atoms with Gasteiger partial charge in [-0.1, -0.05) is 83.9 Å². The van der Waals surface area contributed by atoms with E-state index >= 15 is 0 Å². The zero-order valence-corrected chi connectivity index (χ0v) is 15.9. The Bertz CT molecular complexity index is 991. The van der Waals surface area contributed by atoms with Gasteiger partial charge in [-0.15, -0.1) is 0 Å². The van der Waals surface area contributed by atoms with E-state index in [1.54, 1.807) is 24.3 Å². The fourth-order valence-corrected chi connectivity index (χ4v) is 3.10. The second-order valence-electron chi connectivity index (χ2n) is 6.89. The molecule has 0 bridgehead atoms. The Labute approximate surface area is 167 Å². The van der Waals surface area contributed by atoms with Gasteiger partial charge in [-0.2, -0.15) is 0 Å². The highest BCUT2D eigenvalue weighted by molar-refractivity contribution is 6.32. The van der Waals surface area contributed by atoms with Crippen molar-refractivity contribution in [3.63, 3.8) is 0 Å². The highest BCUT2D eigenvalue weighted by atomic mass is 16.3. The smallest absolute Gasteiger partial charge is 0.122 e. The molecule has 3 rings (SSSR count). The van der Waals surface area contributed by atoms with E-state index in [9.17, 15) is 10.2 Å². The summed E-state index contributed by atoms with van der Waals surface area (Å²) in [5, 5.41) is 20.1. The van der Waals surface area contributed by atoms with Gasteiger partial charge in [0.25, 0.3) is 0 Å². The number of phenols is 2. The monoisotopic (exact) mass is 366 g/mol. The first-order valence-electron chi connectivity index (χ1n) is 9.31. The Morgan fingerprint density at radius 3 is 2.29 bits per heavy atom. The molecule has 0 saturated carbocycles. The maximum Gasteiger partial charge on any atom is 0.122 e. The van der Waals surface area contributed by atoms with Crippen molar-refractivity contribution < 1.29 is 10.2 Å². The zero-order valence-electron chi connectivity index (χ0n) is 15.9. The fraction of sp³-hybridized carbons (Fsp3) is 0.120. The van der Waals surface area contributed by atoms with E-state index in [0.717, 1.165) is 17.5 Å². The van der Waals surface area contributed by atoms with E-state index in [2.05, 4.69) is 18.2 Å². The standard InChI is InChI=1S/C25H23BO2/c1-18-10-14-24(27)22(16-18)12-11-20(19-6-3-2-4-7-19)8-5-9-21-17-23(26)13-15-25(21)28/h2-7,9-17,20,27-28H,8H2,1H3/b9-5+,12-11+/t20-/m0/s1. The summed E-state index contributed by atoms with van der Waals surface area (Å²) in [7, 11) is 5.81. The molecule has 0 aliphatic heterocycles. The summed E-state index contributed by atoms with van der Waals surface area (Å²) >= 11 is 0. The Balaban J connectivity index is 1.83. The van der Waals surface area contributed by atoms with Gasteiger partial charge in [0.15, 0.2) is 0 Å². The summed E-state index contributed by atoms with van der Waals surface area (Å²) < 4.78 is 0. The van der Waals surface area contributed by atoms with Crippen LogP contribution in [0.4, 0.5) is 0 Å². The van der Waals surface area contributed by atoms with Gasteiger partial charge in [-0.05, 0) is 37.1 Å². The number of allylic oxidation sites excluding steroid dienone is 2. The lowest BCUT2D eigenvalue weighted by molar-refractivity contribution is 0.473. The minimum atomic E-state index is 0.139. The van der Waals surface area contributed by atoms with Gasteiger partial charge < -0.3 is 10.2 Å². The van der Waals surface area contributed by atoms with Crippen molar-refractivity contribution in [1.29, 1.82) is 0 Å². The molecule has 0 aliphatic rings. The number of rotatable bonds is 6. The fourth-order valence-electron chi connectivity index (χ4n) is 3.10. The van der Waals surface area contributed by atoms with Crippen LogP contribution < -0.4 is 5.46 Å². The summed E-state index contributed by atoms with van der Waals surface area (Å²) in [6.07, 6.45) is 8.74. The highest BCUT2D eigenvalue weighted by Gasteiger charge is 2.07. The lowest BCUT2D eigenvalue weighted by Gasteiger charge is -2.11. The quantitative estimate of drug-likeness (QED) is 0.596. The van der Waals surface area contributed by atoms with Gasteiger partial charge in [-0.25, -0.2) is 0 Å². The normalized spacial score (nSPS) is 12.6. The van der Waals surface area contributed by atoms with Gasteiger partial charge in [-0.3, -0.25) is 0 Å². The number of benzene rings is 3. The molecule has 2 nitrogen and oxygen atoms in total. The molecule has 2 N–H and O–H groups in total. The molecule has 138 valence electrons. The van der Waals surface area contributed by atoms with Crippen molar-refractivity contribution in [2.24, 2.45) is 0 Å². The molecule has 3 aromatic carbocycles. The third kappa shape index (κ3) is 5.17. The van der Waals surface area contributed by atoms with Crippen molar-refractivity contribution >= 4 is 25.5 Å². The summed E-state index contributed by atoms with van der Waals surface area (Å²) in [6.45, 7) is 2.01. The Morgan fingerprint density at radius 1 is 0.857 bits per heavy atom. The largest absolute Gasteiger partial charge is 0.507 e. The van der Waals surface area contributed by atoms with Gasteiger partial charge in [0.2, 0.25) is 0 Å². The molecule has 1 atom stereocenters. The topological polar surface area (TPSA) is 40.5 Å². The predicted molar refractivity (Wildman–Crippen MR) is 118 cm³/mol. The Hall–Kier alpha value is -3.20. The Kier molecular flexibility index (Phi) is 6.39. The molecule has 0 aromatic heterocycles. The van der Waals surface area contributed by atoms with Crippen LogP contribution in [-0.2, 0) is 0 Å². The number of hydrogen-bond donors (Lipinski definition) is 2. The van der Waals surface area contributed by atoms with E-state index < -0.39 is 0 Å². The minimum absolute atomic E-state index is 0.139. The molecule has 3 aromatic rings. The van der Waals surface area contributed by atoms with Gasteiger partial charge in [0.1, 0.15) is 19.3 Å². The van der Waals surface area contributed by atoms with Crippen LogP contribution in [0.2, 0.25) is 0 Å². The average molecular weight is 366 g/mol. The van der Waals surface area contributed by atoms with Crippen molar-refractivity contribution in [1.82, 2.24) is 0 Å². The molecule has 0 saturated heterocycles. The van der Waals surface area contributed by atoms with Gasteiger partial charge in [0.05, 0.1) is 0 Å². The first kappa shape index (κ1) is 19.6. The summed E-state index contributed by atoms with van der Waals surface area (Å²) in [5.74, 6) is 0.622. The summed E-state index contributed by atoms with van der Waals surface area (Å²) in [5.41, 5.74) is 4.41. The summed E-state index contributed by atoms with van der Waals surface area (Å²) in [4.78, 5) is 0. The highest BCUT2D eigenvalue weighted by Crippen LogP contribution is 2.26. The van der Waals surface area contributed by atoms with E-state index in [0.29, 0.717) is 11.0 Å².